The molecule has 114 valence electrons. The zero-order chi connectivity index (χ0) is 15.6. The van der Waals surface area contributed by atoms with Crippen LogP contribution in [0.15, 0.2) is 12.1 Å². The Morgan fingerprint density at radius 3 is 2.81 bits per heavy atom. The van der Waals surface area contributed by atoms with Crippen molar-refractivity contribution in [3.8, 4) is 0 Å². The molecule has 1 unspecified atom stereocenters. The largest absolute Gasteiger partial charge is 0.396 e. The molecule has 2 rings (SSSR count). The van der Waals surface area contributed by atoms with Crippen molar-refractivity contribution in [2.24, 2.45) is 5.92 Å². The number of nitrogens with two attached hydrogens (primary N) is 1. The molecule has 1 amide bonds. The van der Waals surface area contributed by atoms with Gasteiger partial charge >= 0.3 is 0 Å². The summed E-state index contributed by atoms with van der Waals surface area (Å²) in [5, 5.41) is 11.0. The Morgan fingerprint density at radius 2 is 2.14 bits per heavy atom. The predicted molar refractivity (Wildman–Crippen MR) is 76.4 cm³/mol. The zero-order valence-corrected chi connectivity index (χ0v) is 11.8. The van der Waals surface area contributed by atoms with Crippen LogP contribution in [0.4, 0.5) is 15.8 Å². The third-order valence-corrected chi connectivity index (χ3v) is 3.85. The minimum atomic E-state index is -0.886. The highest BCUT2D eigenvalue weighted by Gasteiger charge is 2.27. The van der Waals surface area contributed by atoms with Crippen LogP contribution >= 0.6 is 0 Å². The number of carbonyl (C=O) groups is 1. The molecule has 1 aliphatic rings. The molecule has 1 aromatic rings. The third-order valence-electron chi connectivity index (χ3n) is 3.85. The molecule has 1 aromatic carbocycles. The van der Waals surface area contributed by atoms with E-state index in [1.54, 1.807) is 4.90 Å². The average Bonchev–Trinajstić information content (AvgIpc) is 2.65. The van der Waals surface area contributed by atoms with Crippen LogP contribution in [0.25, 0.3) is 0 Å². The van der Waals surface area contributed by atoms with Gasteiger partial charge in [0.05, 0.1) is 16.7 Å². The number of nitro benzene ring substituents is 1. The summed E-state index contributed by atoms with van der Waals surface area (Å²) >= 11 is 0. The van der Waals surface area contributed by atoms with Crippen LogP contribution in [-0.2, 0) is 0 Å². The molecule has 6 nitrogen and oxygen atoms in total. The Labute approximate surface area is 121 Å². The molecule has 1 heterocycles. The Morgan fingerprint density at radius 1 is 1.43 bits per heavy atom. The van der Waals surface area contributed by atoms with Gasteiger partial charge in [0.1, 0.15) is 5.56 Å². The number of benzene rings is 1. The molecule has 1 atom stereocenters. The standard InChI is InChI=1S/C14H18FN3O3/c1-9-3-2-5-17(6-4-9)14(19)10-7-12(16)11(15)8-13(10)18(20)21/h7-9H,2-6,16H2,1H3. The summed E-state index contributed by atoms with van der Waals surface area (Å²) in [6, 6.07) is 1.77. The zero-order valence-electron chi connectivity index (χ0n) is 11.8. The maximum absolute atomic E-state index is 13.4. The van der Waals surface area contributed by atoms with Gasteiger partial charge in [0, 0.05) is 13.1 Å². The van der Waals surface area contributed by atoms with Crippen molar-refractivity contribution in [2.45, 2.75) is 26.2 Å². The lowest BCUT2D eigenvalue weighted by Gasteiger charge is -2.20. The van der Waals surface area contributed by atoms with Crippen LogP contribution in [0.2, 0.25) is 0 Å². The van der Waals surface area contributed by atoms with E-state index in [2.05, 4.69) is 6.92 Å². The molecule has 0 spiro atoms. The number of carbonyl (C=O) groups excluding carboxylic acids is 1. The first kappa shape index (κ1) is 15.2. The summed E-state index contributed by atoms with van der Waals surface area (Å²) in [6.45, 7) is 3.22. The smallest absolute Gasteiger partial charge is 0.285 e. The third kappa shape index (κ3) is 3.29. The van der Waals surface area contributed by atoms with Crippen molar-refractivity contribution in [3.05, 3.63) is 33.6 Å². The first-order valence-electron chi connectivity index (χ1n) is 6.93. The molecule has 0 saturated carbocycles. The van der Waals surface area contributed by atoms with Crippen LogP contribution in [0.5, 0.6) is 0 Å². The van der Waals surface area contributed by atoms with Crippen molar-refractivity contribution in [1.82, 2.24) is 4.90 Å². The quantitative estimate of drug-likeness (QED) is 0.516. The molecule has 0 aliphatic carbocycles. The maximum atomic E-state index is 13.4. The van der Waals surface area contributed by atoms with E-state index in [1.165, 1.54) is 0 Å². The van der Waals surface area contributed by atoms with Crippen molar-refractivity contribution in [3.63, 3.8) is 0 Å². The normalized spacial score (nSPS) is 19.1. The minimum Gasteiger partial charge on any atom is -0.396 e. The summed E-state index contributed by atoms with van der Waals surface area (Å²) in [6.07, 6.45) is 2.74. The van der Waals surface area contributed by atoms with E-state index in [0.29, 0.717) is 25.1 Å². The number of amides is 1. The first-order valence-corrected chi connectivity index (χ1v) is 6.93. The monoisotopic (exact) mass is 295 g/mol. The van der Waals surface area contributed by atoms with Crippen LogP contribution in [-0.4, -0.2) is 28.8 Å². The van der Waals surface area contributed by atoms with Crippen molar-refractivity contribution in [1.29, 1.82) is 0 Å². The van der Waals surface area contributed by atoms with Gasteiger partial charge in [-0.1, -0.05) is 6.92 Å². The fraction of sp³-hybridized carbons (Fsp3) is 0.500. The average molecular weight is 295 g/mol. The summed E-state index contributed by atoms with van der Waals surface area (Å²) in [5.74, 6) is -0.818. The van der Waals surface area contributed by atoms with Crippen molar-refractivity contribution in [2.75, 3.05) is 18.8 Å². The Kier molecular flexibility index (Phi) is 4.40. The molecule has 1 fully saturated rings. The van der Waals surface area contributed by atoms with Gasteiger partial charge in [0.15, 0.2) is 5.82 Å². The number of rotatable bonds is 2. The van der Waals surface area contributed by atoms with Crippen molar-refractivity contribution >= 4 is 17.3 Å². The van der Waals surface area contributed by atoms with Crippen LogP contribution in [0.3, 0.4) is 0 Å². The molecule has 7 heteroatoms. The van der Waals surface area contributed by atoms with Gasteiger partial charge in [-0.05, 0) is 31.2 Å². The highest BCUT2D eigenvalue weighted by molar-refractivity contribution is 5.99. The molecule has 0 aromatic heterocycles. The summed E-state index contributed by atoms with van der Waals surface area (Å²) in [4.78, 5) is 24.3. The minimum absolute atomic E-state index is 0.145. The molecule has 0 bridgehead atoms. The van der Waals surface area contributed by atoms with Gasteiger partial charge in [-0.25, -0.2) is 4.39 Å². The summed E-state index contributed by atoms with van der Waals surface area (Å²) < 4.78 is 13.4. The topological polar surface area (TPSA) is 89.5 Å². The molecule has 0 radical (unpaired) electrons. The number of hydrogen-bond donors (Lipinski definition) is 1. The van der Waals surface area contributed by atoms with Gasteiger partial charge in [0.25, 0.3) is 11.6 Å². The summed E-state index contributed by atoms with van der Waals surface area (Å²) in [7, 11) is 0. The second kappa shape index (κ2) is 6.07. The second-order valence-electron chi connectivity index (χ2n) is 5.48. The van der Waals surface area contributed by atoms with E-state index in [4.69, 9.17) is 5.73 Å². The van der Waals surface area contributed by atoms with E-state index in [1.807, 2.05) is 0 Å². The van der Waals surface area contributed by atoms with Crippen molar-refractivity contribution < 1.29 is 14.1 Å². The van der Waals surface area contributed by atoms with Gasteiger partial charge in [-0.15, -0.1) is 0 Å². The van der Waals surface area contributed by atoms with Gasteiger partial charge < -0.3 is 10.6 Å². The molecule has 1 aliphatic heterocycles. The molecule has 1 saturated heterocycles. The number of nitro groups is 1. The molecule has 2 N–H and O–H groups in total. The SMILES string of the molecule is CC1CCCN(C(=O)c2cc(N)c(F)cc2[N+](=O)[O-])CC1. The molecular formula is C14H18FN3O3. The fourth-order valence-electron chi connectivity index (χ4n) is 2.54. The fourth-order valence-corrected chi connectivity index (χ4v) is 2.54. The van der Waals surface area contributed by atoms with E-state index >= 15 is 0 Å². The van der Waals surface area contributed by atoms with Crippen LogP contribution in [0.1, 0.15) is 36.5 Å². The number of anilines is 1. The number of nitrogen functional groups attached to an aromatic ring is 1. The highest BCUT2D eigenvalue weighted by Crippen LogP contribution is 2.27. The predicted octanol–water partition coefficient (Wildman–Crippen LogP) is 2.58. The Hall–Kier alpha value is -2.18. The van der Waals surface area contributed by atoms with Crippen LogP contribution in [0, 0.1) is 21.8 Å². The van der Waals surface area contributed by atoms with Gasteiger partial charge in [0.2, 0.25) is 0 Å². The van der Waals surface area contributed by atoms with E-state index in [0.717, 1.165) is 25.3 Å². The van der Waals surface area contributed by atoms with Gasteiger partial charge in [-0.3, -0.25) is 14.9 Å². The maximum Gasteiger partial charge on any atom is 0.285 e. The number of nitrogens with zero attached hydrogens (tertiary/aromatic N) is 2. The lowest BCUT2D eigenvalue weighted by atomic mass is 10.0. The first-order chi connectivity index (χ1) is 9.90. The lowest BCUT2D eigenvalue weighted by molar-refractivity contribution is -0.385. The Bertz CT molecular complexity index is 577. The number of likely N-dealkylation sites (tertiary alicyclic amines) is 1. The van der Waals surface area contributed by atoms with Gasteiger partial charge in [-0.2, -0.15) is 0 Å². The second-order valence-corrected chi connectivity index (χ2v) is 5.48. The van der Waals surface area contributed by atoms with E-state index in [-0.39, 0.29) is 11.3 Å². The lowest BCUT2D eigenvalue weighted by Crippen LogP contribution is -2.32. The van der Waals surface area contributed by atoms with E-state index in [9.17, 15) is 19.3 Å². The molecular weight excluding hydrogens is 277 g/mol. The Balaban J connectivity index is 2.34. The number of hydrogen-bond acceptors (Lipinski definition) is 4. The molecule has 21 heavy (non-hydrogen) atoms. The van der Waals surface area contributed by atoms with E-state index < -0.39 is 22.3 Å². The number of halogens is 1. The van der Waals surface area contributed by atoms with Crippen LogP contribution < -0.4 is 5.73 Å². The highest BCUT2D eigenvalue weighted by atomic mass is 19.1. The summed E-state index contributed by atoms with van der Waals surface area (Å²) in [5.41, 5.74) is 4.50.